The normalized spacial score (nSPS) is 19.4. The van der Waals surface area contributed by atoms with Gasteiger partial charge in [-0.25, -0.2) is 8.78 Å². The van der Waals surface area contributed by atoms with Gasteiger partial charge in [0.15, 0.2) is 0 Å². The number of halogens is 2. The average Bonchev–Trinajstić information content (AvgIpc) is 3.57. The van der Waals surface area contributed by atoms with Crippen LogP contribution in [0.5, 0.6) is 0 Å². The average molecular weight is 440 g/mol. The fourth-order valence-electron chi connectivity index (χ4n) is 5.56. The molecule has 1 amide bonds. The van der Waals surface area contributed by atoms with Crippen molar-refractivity contribution in [3.05, 3.63) is 70.8 Å². The summed E-state index contributed by atoms with van der Waals surface area (Å²) in [6.07, 6.45) is 10.5. The Morgan fingerprint density at radius 1 is 1.09 bits per heavy atom. The van der Waals surface area contributed by atoms with Gasteiger partial charge < -0.3 is 5.32 Å². The summed E-state index contributed by atoms with van der Waals surface area (Å²) in [6.45, 7) is 2.80. The summed E-state index contributed by atoms with van der Waals surface area (Å²) in [6, 6.07) is 14.7. The van der Waals surface area contributed by atoms with E-state index in [2.05, 4.69) is 17.4 Å². The second kappa shape index (κ2) is 9.33. The number of hydrogen-bond acceptors (Lipinski definition) is 1. The number of hydrogen-bond donors (Lipinski definition) is 1. The summed E-state index contributed by atoms with van der Waals surface area (Å²) in [4.78, 5) is 13.4. The first kappa shape index (κ1) is 22.9. The standard InChI is InChI=1S/C28H35F2NO/c1-3-21-18-23(27(2,29)30)14-15-24(21)26(32)31-25(22-12-8-5-9-13-22)28(16-17-28)19-20-10-6-4-7-11-20/h5,8-9,12-15,18,20,25H,3-4,6-7,10-11,16-17,19H2,1-2H3,(H,31,32). The predicted octanol–water partition coefficient (Wildman–Crippen LogP) is 7.58. The lowest BCUT2D eigenvalue weighted by molar-refractivity contribution is 0.0173. The quantitative estimate of drug-likeness (QED) is 0.451. The molecule has 2 fully saturated rings. The molecule has 2 nitrogen and oxygen atoms in total. The summed E-state index contributed by atoms with van der Waals surface area (Å²) < 4.78 is 27.6. The molecular weight excluding hydrogens is 404 g/mol. The van der Waals surface area contributed by atoms with E-state index in [-0.39, 0.29) is 22.9 Å². The molecule has 2 aliphatic carbocycles. The van der Waals surface area contributed by atoms with Crippen molar-refractivity contribution in [3.63, 3.8) is 0 Å². The van der Waals surface area contributed by atoms with Crippen molar-refractivity contribution in [2.75, 3.05) is 0 Å². The van der Waals surface area contributed by atoms with Crippen LogP contribution in [0.25, 0.3) is 0 Å². The third-order valence-corrected chi connectivity index (χ3v) is 7.57. The summed E-state index contributed by atoms with van der Waals surface area (Å²) in [7, 11) is 0. The first-order valence-electron chi connectivity index (χ1n) is 12.2. The Morgan fingerprint density at radius 3 is 2.38 bits per heavy atom. The maximum absolute atomic E-state index is 13.8. The number of amides is 1. The minimum absolute atomic E-state index is 0.0403. The maximum Gasteiger partial charge on any atom is 0.270 e. The van der Waals surface area contributed by atoms with E-state index >= 15 is 0 Å². The van der Waals surface area contributed by atoms with E-state index in [0.717, 1.165) is 37.7 Å². The second-order valence-corrected chi connectivity index (χ2v) is 10.0. The van der Waals surface area contributed by atoms with Crippen molar-refractivity contribution in [2.24, 2.45) is 11.3 Å². The fraction of sp³-hybridized carbons (Fsp3) is 0.536. The molecule has 1 N–H and O–H groups in total. The van der Waals surface area contributed by atoms with Crippen molar-refractivity contribution in [2.45, 2.75) is 83.6 Å². The Labute approximate surface area is 190 Å². The molecule has 1 atom stereocenters. The second-order valence-electron chi connectivity index (χ2n) is 10.0. The summed E-state index contributed by atoms with van der Waals surface area (Å²) in [5, 5.41) is 3.35. The minimum atomic E-state index is -2.91. The van der Waals surface area contributed by atoms with Crippen LogP contribution in [0.15, 0.2) is 48.5 Å². The zero-order valence-corrected chi connectivity index (χ0v) is 19.3. The highest BCUT2D eigenvalue weighted by molar-refractivity contribution is 5.96. The van der Waals surface area contributed by atoms with Crippen molar-refractivity contribution in [1.29, 1.82) is 0 Å². The number of rotatable bonds is 8. The lowest BCUT2D eigenvalue weighted by atomic mass is 9.77. The molecule has 4 rings (SSSR count). The molecule has 1 unspecified atom stereocenters. The molecule has 4 heteroatoms. The van der Waals surface area contributed by atoms with Gasteiger partial charge in [-0.05, 0) is 60.3 Å². The molecular formula is C28H35F2NO. The number of aryl methyl sites for hydroxylation is 1. The smallest absolute Gasteiger partial charge is 0.270 e. The minimum Gasteiger partial charge on any atom is -0.345 e. The molecule has 0 radical (unpaired) electrons. The lowest BCUT2D eigenvalue weighted by Gasteiger charge is -2.33. The Balaban J connectivity index is 1.60. The van der Waals surface area contributed by atoms with Gasteiger partial charge >= 0.3 is 0 Å². The number of benzene rings is 2. The fourth-order valence-corrected chi connectivity index (χ4v) is 5.56. The third kappa shape index (κ3) is 5.05. The Kier molecular flexibility index (Phi) is 6.69. The van der Waals surface area contributed by atoms with Crippen LogP contribution < -0.4 is 5.32 Å². The van der Waals surface area contributed by atoms with E-state index in [4.69, 9.17) is 0 Å². The first-order valence-corrected chi connectivity index (χ1v) is 12.2. The van der Waals surface area contributed by atoms with E-state index in [1.54, 1.807) is 6.07 Å². The van der Waals surface area contributed by atoms with E-state index in [1.165, 1.54) is 44.2 Å². The predicted molar refractivity (Wildman–Crippen MR) is 125 cm³/mol. The van der Waals surface area contributed by atoms with Gasteiger partial charge in [-0.2, -0.15) is 0 Å². The lowest BCUT2D eigenvalue weighted by Crippen LogP contribution is -2.36. The monoisotopic (exact) mass is 439 g/mol. The topological polar surface area (TPSA) is 29.1 Å². The number of nitrogens with one attached hydrogen (secondary N) is 1. The van der Waals surface area contributed by atoms with Crippen molar-refractivity contribution < 1.29 is 13.6 Å². The van der Waals surface area contributed by atoms with Crippen LogP contribution in [0.2, 0.25) is 0 Å². The highest BCUT2D eigenvalue weighted by Gasteiger charge is 2.51. The molecule has 0 spiro atoms. The molecule has 0 aromatic heterocycles. The SMILES string of the molecule is CCc1cc(C(C)(F)F)ccc1C(=O)NC(c1ccccc1)C1(CC2CCCCC2)CC1. The molecule has 0 heterocycles. The molecule has 0 saturated heterocycles. The Bertz CT molecular complexity index is 924. The van der Waals surface area contributed by atoms with Crippen LogP contribution in [0.4, 0.5) is 8.78 Å². The first-order chi connectivity index (χ1) is 15.3. The van der Waals surface area contributed by atoms with Crippen molar-refractivity contribution in [1.82, 2.24) is 5.32 Å². The zero-order chi connectivity index (χ0) is 22.8. The number of alkyl halides is 2. The highest BCUT2D eigenvalue weighted by atomic mass is 19.3. The summed E-state index contributed by atoms with van der Waals surface area (Å²) >= 11 is 0. The van der Waals surface area contributed by atoms with Gasteiger partial charge in [-0.15, -0.1) is 0 Å². The van der Waals surface area contributed by atoms with Gasteiger partial charge in [0.05, 0.1) is 6.04 Å². The molecule has 0 bridgehead atoms. The van der Waals surface area contributed by atoms with Crippen LogP contribution in [0.3, 0.4) is 0 Å². The molecule has 172 valence electrons. The van der Waals surface area contributed by atoms with Gasteiger partial charge in [0.1, 0.15) is 0 Å². The summed E-state index contributed by atoms with van der Waals surface area (Å²) in [5.74, 6) is -2.33. The Morgan fingerprint density at radius 2 is 1.78 bits per heavy atom. The molecule has 2 aromatic carbocycles. The van der Waals surface area contributed by atoms with Gasteiger partial charge in [0.2, 0.25) is 0 Å². The maximum atomic E-state index is 13.8. The molecule has 2 saturated carbocycles. The van der Waals surface area contributed by atoms with Crippen molar-refractivity contribution in [3.8, 4) is 0 Å². The Hall–Kier alpha value is -2.23. The molecule has 2 aliphatic rings. The third-order valence-electron chi connectivity index (χ3n) is 7.57. The van der Waals surface area contributed by atoms with Crippen LogP contribution in [-0.4, -0.2) is 5.91 Å². The molecule has 32 heavy (non-hydrogen) atoms. The zero-order valence-electron chi connectivity index (χ0n) is 19.3. The molecule has 0 aliphatic heterocycles. The van der Waals surface area contributed by atoms with Crippen LogP contribution in [0.1, 0.15) is 98.3 Å². The van der Waals surface area contributed by atoms with Crippen molar-refractivity contribution >= 4 is 5.91 Å². The van der Waals surface area contributed by atoms with E-state index in [9.17, 15) is 13.6 Å². The van der Waals surface area contributed by atoms with Gasteiger partial charge in [-0.3, -0.25) is 4.79 Å². The number of carbonyl (C=O) groups excluding carboxylic acids is 1. The van der Waals surface area contributed by atoms with Crippen LogP contribution in [-0.2, 0) is 12.3 Å². The van der Waals surface area contributed by atoms with E-state index in [1.807, 2.05) is 25.1 Å². The highest BCUT2D eigenvalue weighted by Crippen LogP contribution is 2.60. The van der Waals surface area contributed by atoms with Gasteiger partial charge in [0, 0.05) is 18.1 Å². The van der Waals surface area contributed by atoms with Gasteiger partial charge in [0.25, 0.3) is 11.8 Å². The van der Waals surface area contributed by atoms with Gasteiger partial charge in [-0.1, -0.05) is 75.4 Å². The van der Waals surface area contributed by atoms with Crippen LogP contribution in [0, 0.1) is 11.3 Å². The van der Waals surface area contributed by atoms with E-state index in [0.29, 0.717) is 17.5 Å². The number of carbonyl (C=O) groups is 1. The molecule has 2 aromatic rings. The van der Waals surface area contributed by atoms with Crippen LogP contribution >= 0.6 is 0 Å². The largest absolute Gasteiger partial charge is 0.345 e. The summed E-state index contributed by atoms with van der Waals surface area (Å²) in [5.41, 5.74) is 2.40. The van der Waals surface area contributed by atoms with E-state index < -0.39 is 5.92 Å².